The van der Waals surface area contributed by atoms with E-state index in [-0.39, 0.29) is 56.5 Å². The molecule has 5 aromatic rings. The Morgan fingerprint density at radius 2 is 0.965 bits per heavy atom. The molecule has 2 aliphatic carbocycles. The predicted octanol–water partition coefficient (Wildman–Crippen LogP) is 6.40. The summed E-state index contributed by atoms with van der Waals surface area (Å²) in [5, 5.41) is 36.4. The fourth-order valence-corrected chi connectivity index (χ4v) is 21.1. The molecule has 0 saturated heterocycles. The number of anilines is 2. The molecule has 9 amide bonds. The summed E-state index contributed by atoms with van der Waals surface area (Å²) < 4.78 is 4.25. The maximum absolute atomic E-state index is 14.3. The van der Waals surface area contributed by atoms with Crippen molar-refractivity contribution in [2.75, 3.05) is 92.4 Å². The van der Waals surface area contributed by atoms with Crippen LogP contribution in [0.15, 0.2) is 167 Å². The molecule has 0 spiro atoms. The van der Waals surface area contributed by atoms with Crippen molar-refractivity contribution < 1.29 is 62.2 Å². The Bertz CT molecular complexity index is 4830. The summed E-state index contributed by atoms with van der Waals surface area (Å²) in [6.45, 7) is 14.6. The molecule has 4 atom stereocenters. The summed E-state index contributed by atoms with van der Waals surface area (Å²) >= 11 is 0. The second kappa shape index (κ2) is 38.4. The first kappa shape index (κ1) is 86.6. The lowest BCUT2D eigenvalue weighted by molar-refractivity contribution is -0.462. The number of fused-ring (bicyclic) bond motifs is 4. The number of carboxylic acid groups (broad SMARTS) is 1. The molecule has 0 unspecified atom stereocenters. The van der Waals surface area contributed by atoms with E-state index in [9.17, 15) is 53.1 Å². The number of nitrogens with zero attached hydrogens (tertiary/aromatic N) is 4. The fraction of sp³-hybridized carbons (Fsp3) is 0.386. The second-order valence-electron chi connectivity index (χ2n) is 32.1. The Morgan fingerprint density at radius 1 is 0.491 bits per heavy atom. The number of primary amides is 1. The summed E-state index contributed by atoms with van der Waals surface area (Å²) in [5.41, 5.74) is 21.8. The molecule has 0 fully saturated rings. The van der Waals surface area contributed by atoms with Gasteiger partial charge in [0.2, 0.25) is 41.4 Å². The van der Waals surface area contributed by atoms with E-state index in [1.165, 1.54) is 43.0 Å². The van der Waals surface area contributed by atoms with Crippen molar-refractivity contribution in [2.24, 2.45) is 11.7 Å². The van der Waals surface area contributed by atoms with Crippen LogP contribution in [0.4, 0.5) is 11.4 Å². The number of aryl methyl sites for hydroxylation is 1. The van der Waals surface area contributed by atoms with Gasteiger partial charge in [-0.25, -0.2) is 9.15 Å². The minimum atomic E-state index is -2.19. The molecule has 0 radical (unpaired) electrons. The lowest BCUT2D eigenvalue weighted by Crippen LogP contribution is -2.57. The van der Waals surface area contributed by atoms with E-state index >= 15 is 0 Å². The first-order valence-electron chi connectivity index (χ1n) is 39.1. The first-order chi connectivity index (χ1) is 54.0. The minimum Gasteiger partial charge on any atom is -0.481 e. The van der Waals surface area contributed by atoms with Crippen LogP contribution in [0.5, 0.6) is 0 Å². The number of amides is 9. The number of aliphatic carboxylic acids is 1. The predicted molar refractivity (Wildman–Crippen MR) is 456 cm³/mol. The number of hydrogen-bond donors (Lipinski definition) is 10. The largest absolute Gasteiger partial charge is 0.481 e. The number of benzene rings is 5. The Morgan fingerprint density at radius 3 is 1.46 bits per heavy atom. The van der Waals surface area contributed by atoms with Crippen LogP contribution in [0.3, 0.4) is 0 Å². The standard InChI is InChI=1S/C88H111N13O11Si2/c1-54(2)45-71(87(111)93-52-78(103)94-69(83(89)107)25-19-21-43-90-84(108)58-29-27-57(28-30-58)81-65-37-32-60(98(4)5)48-73(65)113(12,13)74-49-61(99(6)7)33-38-66(74)81)97-88(112)72(47-56-23-17-16-18-24-56)96-79(104)53-92-86(110)70(95-77(102)41-42-80(105)106)26-20-22-44-91-85(109)59-31-36-64(55(3)46-59)82-67-39-34-62(100(8)9)50-75(67)114(14,15)76-51-63(101(10)11)35-40-68(76)82/h16-18,23-24,27-40,46,48-51,54,69-72H,19-22,25-26,41-45,47,52-53H2,1-15H3,(H9-2,89,90,91,92,93,94,95,96,97,102,103,104,105,106,107,108,109,110,111,112)/p+2/t69-,70-,71-,72-/m1/s1. The highest BCUT2D eigenvalue weighted by Crippen LogP contribution is 2.44. The summed E-state index contributed by atoms with van der Waals surface area (Å²) in [7, 11) is 12.1. The number of hydrogen-bond acceptors (Lipinski definition) is 12. The first-order valence-corrected chi connectivity index (χ1v) is 45.1. The number of carboxylic acids is 1. The zero-order valence-electron chi connectivity index (χ0n) is 68.5. The van der Waals surface area contributed by atoms with Crippen molar-refractivity contribution in [3.8, 4) is 0 Å². The minimum absolute atomic E-state index is 0.0361. The van der Waals surface area contributed by atoms with Gasteiger partial charge < -0.3 is 63.2 Å². The van der Waals surface area contributed by atoms with Crippen molar-refractivity contribution in [1.82, 2.24) is 42.5 Å². The molecule has 0 saturated carbocycles. The summed E-state index contributed by atoms with van der Waals surface area (Å²) in [4.78, 5) is 138. The third-order valence-electron chi connectivity index (χ3n) is 21.5. The number of allylic oxidation sites excluding steroid dienone is 10. The maximum atomic E-state index is 14.3. The molecule has 2 heterocycles. The Labute approximate surface area is 671 Å². The van der Waals surface area contributed by atoms with Crippen LogP contribution in [0.25, 0.3) is 11.1 Å². The lowest BCUT2D eigenvalue weighted by atomic mass is 9.87. The van der Waals surface area contributed by atoms with Crippen LogP contribution < -0.4 is 68.4 Å². The number of carbonyl (C=O) groups is 10. The van der Waals surface area contributed by atoms with Gasteiger partial charge in [-0.3, -0.25) is 47.9 Å². The maximum Gasteiger partial charge on any atom is 0.303 e. The molecular weight excluding hydrogens is 1470 g/mol. The van der Waals surface area contributed by atoms with Crippen molar-refractivity contribution in [3.63, 3.8) is 0 Å². The van der Waals surface area contributed by atoms with Gasteiger partial charge in [0.15, 0.2) is 11.4 Å². The summed E-state index contributed by atoms with van der Waals surface area (Å²) in [6, 6.07) is 30.7. The van der Waals surface area contributed by atoms with Gasteiger partial charge in [0, 0.05) is 101 Å². The van der Waals surface area contributed by atoms with E-state index in [0.29, 0.717) is 42.4 Å². The highest BCUT2D eigenvalue weighted by molar-refractivity contribution is 6.98. The van der Waals surface area contributed by atoms with Crippen LogP contribution in [-0.4, -0.2) is 208 Å². The van der Waals surface area contributed by atoms with Gasteiger partial charge in [-0.1, -0.05) is 101 Å². The van der Waals surface area contributed by atoms with E-state index in [0.717, 1.165) is 50.6 Å². The molecule has 24 nitrogen and oxygen atoms in total. The van der Waals surface area contributed by atoms with E-state index in [1.807, 2.05) is 91.4 Å². The van der Waals surface area contributed by atoms with Gasteiger partial charge in [0.05, 0.1) is 19.5 Å². The molecule has 2 aliphatic heterocycles. The summed E-state index contributed by atoms with van der Waals surface area (Å²) in [6.07, 6.45) is 14.3. The van der Waals surface area contributed by atoms with Gasteiger partial charge >= 0.3 is 5.97 Å². The monoisotopic (exact) mass is 1580 g/mol. The smallest absolute Gasteiger partial charge is 0.303 e. The fourth-order valence-electron chi connectivity index (χ4n) is 14.9. The third kappa shape index (κ3) is 21.7. The number of carbonyl (C=O) groups excluding carboxylic acids is 9. The number of unbranched alkanes of at least 4 members (excludes halogenated alkanes) is 2. The summed E-state index contributed by atoms with van der Waals surface area (Å²) in [5.74, 6) is -7.14. The zero-order valence-corrected chi connectivity index (χ0v) is 70.5. The molecule has 0 aromatic heterocycles. The van der Waals surface area contributed by atoms with Gasteiger partial charge in [-0.15, -0.1) is 0 Å². The topological polar surface area (TPSA) is 326 Å². The Hall–Kier alpha value is -11.4. The highest BCUT2D eigenvalue weighted by atomic mass is 28.3. The van der Waals surface area contributed by atoms with E-state index in [1.54, 1.807) is 30.3 Å². The lowest BCUT2D eigenvalue weighted by Gasteiger charge is -2.38. The van der Waals surface area contributed by atoms with E-state index in [4.69, 9.17) is 5.73 Å². The van der Waals surface area contributed by atoms with Crippen LogP contribution >= 0.6 is 0 Å². The van der Waals surface area contributed by atoms with Crippen molar-refractivity contribution >= 4 is 120 Å². The van der Waals surface area contributed by atoms with Gasteiger partial charge in [-0.2, -0.15) is 0 Å². The van der Waals surface area contributed by atoms with Crippen LogP contribution in [0, 0.1) is 12.8 Å². The van der Waals surface area contributed by atoms with Gasteiger partial charge in [0.25, 0.3) is 11.8 Å². The van der Waals surface area contributed by atoms with Crippen molar-refractivity contribution in [2.45, 2.75) is 135 Å². The Balaban J connectivity index is 0.755. The van der Waals surface area contributed by atoms with Crippen molar-refractivity contribution in [1.29, 1.82) is 0 Å². The Kier molecular flexibility index (Phi) is 29.2. The highest BCUT2D eigenvalue weighted by Gasteiger charge is 2.43. The van der Waals surface area contributed by atoms with E-state index < -0.39 is 114 Å². The number of nitrogens with two attached hydrogens (primary N) is 1. The van der Waals surface area contributed by atoms with Gasteiger partial charge in [0.1, 0.15) is 68.5 Å². The second-order valence-corrected chi connectivity index (χ2v) is 40.7. The van der Waals surface area contributed by atoms with Crippen LogP contribution in [0.2, 0.25) is 26.2 Å². The van der Waals surface area contributed by atoms with Crippen molar-refractivity contribution in [3.05, 3.63) is 212 Å². The normalized spacial score (nSPS) is 15.2. The third-order valence-corrected chi connectivity index (χ3v) is 28.5. The molecule has 26 heteroatoms. The van der Waals surface area contributed by atoms with Crippen LogP contribution in [0.1, 0.15) is 126 Å². The molecule has 4 aliphatic rings. The quantitative estimate of drug-likeness (QED) is 0.0119. The molecule has 114 heavy (non-hydrogen) atoms. The molecule has 602 valence electrons. The average Bonchev–Trinajstić information content (AvgIpc) is 0.724. The van der Waals surface area contributed by atoms with E-state index in [2.05, 4.69) is 189 Å². The number of rotatable bonds is 35. The molecule has 9 rings (SSSR count). The molecule has 11 N–H and O–H groups in total. The zero-order chi connectivity index (χ0) is 83.0. The SMILES string of the molecule is Cc1cc(C(=O)NCCCC[C@@H](NC(=O)CCC(=O)O)C(=O)NCC(=O)N[C@H](Cc2ccccc2)C(=O)N[C@H](CC(C)C)C(=O)NCC(=O)N[C@H](CCCCNC(=O)c2ccc(C3=C4C=CC(=[N+](C)C)C=C4[Si](C)(C)c4cc(N(C)C)ccc43)cc2)C(N)=O)ccc1C1=C2C=CC(=[N+](C)C)C=C2[Si](C)(C)c2cc(N(C)C)ccc21. The molecule has 0 bridgehead atoms. The average molecular weight is 1590 g/mol. The molecule has 5 aromatic carbocycles. The number of nitrogens with one attached hydrogen (secondary N) is 8. The van der Waals surface area contributed by atoms with Gasteiger partial charge in [-0.05, 0) is 195 Å². The van der Waals surface area contributed by atoms with Crippen LogP contribution in [-0.2, 0) is 44.8 Å². The molecular formula is C88H113N13O11Si2+2.